The highest BCUT2D eigenvalue weighted by Crippen LogP contribution is 2.11. The molecule has 0 fully saturated rings. The van der Waals surface area contributed by atoms with Crippen molar-refractivity contribution in [1.82, 2.24) is 0 Å². The van der Waals surface area contributed by atoms with Crippen LogP contribution in [0.4, 0.5) is 0 Å². The Morgan fingerprint density at radius 1 is 1.23 bits per heavy atom. The van der Waals surface area contributed by atoms with Crippen LogP contribution in [0.5, 0.6) is 0 Å². The summed E-state index contributed by atoms with van der Waals surface area (Å²) in [5.41, 5.74) is 0. The number of carbonyl (C=O) groups is 1. The van der Waals surface area contributed by atoms with E-state index in [0.29, 0.717) is 0 Å². The average molecular weight is 320 g/mol. The SMILES string of the molecule is CO[Si](OC)(OC)OC(=O)C(C)I. The van der Waals surface area contributed by atoms with E-state index in [1.54, 1.807) is 6.92 Å². The zero-order chi connectivity index (χ0) is 10.5. The first-order valence-corrected chi connectivity index (χ1v) is 6.41. The molecule has 0 spiro atoms. The van der Waals surface area contributed by atoms with E-state index in [2.05, 4.69) is 0 Å². The molecule has 0 amide bonds. The highest BCUT2D eigenvalue weighted by Gasteiger charge is 2.47. The molecule has 0 rings (SSSR count). The summed E-state index contributed by atoms with van der Waals surface area (Å²) in [7, 11) is 0.940. The van der Waals surface area contributed by atoms with E-state index < -0.39 is 15.0 Å². The first-order valence-electron chi connectivity index (χ1n) is 3.53. The van der Waals surface area contributed by atoms with Crippen LogP contribution in [0.3, 0.4) is 0 Å². The van der Waals surface area contributed by atoms with Gasteiger partial charge in [0.2, 0.25) is 0 Å². The van der Waals surface area contributed by atoms with Crippen LogP contribution in [0.25, 0.3) is 0 Å². The van der Waals surface area contributed by atoms with E-state index in [9.17, 15) is 4.79 Å². The van der Waals surface area contributed by atoms with Gasteiger partial charge in [-0.1, -0.05) is 22.6 Å². The molecule has 0 bridgehead atoms. The molecule has 0 radical (unpaired) electrons. The van der Waals surface area contributed by atoms with Crippen LogP contribution >= 0.6 is 22.6 Å². The quantitative estimate of drug-likeness (QED) is 0.425. The predicted octanol–water partition coefficient (Wildman–Crippen LogP) is 0.728. The maximum atomic E-state index is 11.2. The molecule has 0 aliphatic rings. The van der Waals surface area contributed by atoms with E-state index in [4.69, 9.17) is 17.7 Å². The lowest BCUT2D eigenvalue weighted by molar-refractivity contribution is -0.141. The highest BCUT2D eigenvalue weighted by atomic mass is 127. The van der Waals surface area contributed by atoms with Crippen LogP contribution < -0.4 is 0 Å². The fraction of sp³-hybridized carbons (Fsp3) is 0.833. The van der Waals surface area contributed by atoms with Gasteiger partial charge in [-0.2, -0.15) is 0 Å². The van der Waals surface area contributed by atoms with Crippen LogP contribution in [0.2, 0.25) is 0 Å². The van der Waals surface area contributed by atoms with Gasteiger partial charge in [0, 0.05) is 21.3 Å². The Hall–Kier alpha value is 0.297. The summed E-state index contributed by atoms with van der Waals surface area (Å²) in [5, 5.41) is 0. The second-order valence-electron chi connectivity index (χ2n) is 2.15. The molecular weight excluding hydrogens is 307 g/mol. The van der Waals surface area contributed by atoms with Crippen LogP contribution in [0.1, 0.15) is 6.92 Å². The number of carbonyl (C=O) groups excluding carboxylic acids is 1. The Bertz CT molecular complexity index is 162. The van der Waals surface area contributed by atoms with E-state index >= 15 is 0 Å². The van der Waals surface area contributed by atoms with Crippen molar-refractivity contribution in [1.29, 1.82) is 0 Å². The summed E-state index contributed by atoms with van der Waals surface area (Å²) in [6.07, 6.45) is 0. The number of alkyl halides is 1. The molecule has 7 heteroatoms. The lowest BCUT2D eigenvalue weighted by Gasteiger charge is -2.22. The Morgan fingerprint density at radius 3 is 1.85 bits per heavy atom. The van der Waals surface area contributed by atoms with Gasteiger partial charge < -0.3 is 17.7 Å². The summed E-state index contributed by atoms with van der Waals surface area (Å²) >= 11 is 1.94. The molecule has 0 aromatic rings. The van der Waals surface area contributed by atoms with Crippen molar-refractivity contribution in [2.75, 3.05) is 21.3 Å². The Balaban J connectivity index is 4.33. The minimum absolute atomic E-state index is 0.259. The molecule has 0 aromatic heterocycles. The molecule has 0 N–H and O–H groups in total. The van der Waals surface area contributed by atoms with E-state index in [-0.39, 0.29) is 3.92 Å². The number of rotatable bonds is 5. The van der Waals surface area contributed by atoms with Crippen molar-refractivity contribution < 1.29 is 22.5 Å². The van der Waals surface area contributed by atoms with Gasteiger partial charge >= 0.3 is 15.0 Å². The van der Waals surface area contributed by atoms with Crippen LogP contribution in [0.15, 0.2) is 0 Å². The average Bonchev–Trinajstić information content (AvgIpc) is 2.14. The zero-order valence-electron chi connectivity index (χ0n) is 8.00. The molecule has 13 heavy (non-hydrogen) atoms. The van der Waals surface area contributed by atoms with E-state index in [1.807, 2.05) is 22.6 Å². The molecule has 5 nitrogen and oxygen atoms in total. The molecule has 0 saturated carbocycles. The van der Waals surface area contributed by atoms with Crippen LogP contribution in [-0.2, 0) is 22.5 Å². The second-order valence-corrected chi connectivity index (χ2v) is 6.45. The van der Waals surface area contributed by atoms with Gasteiger partial charge in [0.05, 0.1) is 0 Å². The normalized spacial score (nSPS) is 13.9. The van der Waals surface area contributed by atoms with Crippen molar-refractivity contribution >= 4 is 37.6 Å². The highest BCUT2D eigenvalue weighted by molar-refractivity contribution is 14.1. The molecule has 0 aromatic carbocycles. The Kier molecular flexibility index (Phi) is 6.04. The van der Waals surface area contributed by atoms with Gasteiger partial charge in [-0.05, 0) is 6.92 Å². The predicted molar refractivity (Wildman–Crippen MR) is 56.4 cm³/mol. The lowest BCUT2D eigenvalue weighted by Crippen LogP contribution is -2.49. The first-order chi connectivity index (χ1) is 6.01. The molecular formula is C6H13IO5Si. The van der Waals surface area contributed by atoms with Gasteiger partial charge in [0.25, 0.3) is 0 Å². The summed E-state index contributed by atoms with van der Waals surface area (Å²) in [4.78, 5) is 11.2. The third-order valence-electron chi connectivity index (χ3n) is 1.30. The van der Waals surface area contributed by atoms with Gasteiger partial charge in [-0.15, -0.1) is 0 Å². The number of halogens is 1. The molecule has 0 aliphatic heterocycles. The van der Waals surface area contributed by atoms with Crippen molar-refractivity contribution in [3.8, 4) is 0 Å². The molecule has 0 heterocycles. The van der Waals surface area contributed by atoms with Gasteiger partial charge in [-0.25, -0.2) is 0 Å². The number of hydrogen-bond acceptors (Lipinski definition) is 5. The van der Waals surface area contributed by atoms with E-state index in [0.717, 1.165) is 0 Å². The maximum Gasteiger partial charge on any atom is 0.750 e. The van der Waals surface area contributed by atoms with Crippen molar-refractivity contribution in [2.24, 2.45) is 0 Å². The van der Waals surface area contributed by atoms with Gasteiger partial charge in [0.1, 0.15) is 3.92 Å². The standard InChI is InChI=1S/C6H13IO5Si/c1-5(7)6(8)12-13(9-2,10-3)11-4/h5H,1-4H3. The number of hydrogen-bond donors (Lipinski definition) is 0. The summed E-state index contributed by atoms with van der Waals surface area (Å²) in [5.74, 6) is -0.405. The summed E-state index contributed by atoms with van der Waals surface area (Å²) in [6.45, 7) is 1.71. The minimum atomic E-state index is -3.20. The van der Waals surface area contributed by atoms with Crippen LogP contribution in [-0.4, -0.2) is 40.3 Å². The fourth-order valence-electron chi connectivity index (χ4n) is 0.579. The molecule has 0 saturated heterocycles. The topological polar surface area (TPSA) is 54.0 Å². The smallest absolute Gasteiger partial charge is 0.451 e. The first kappa shape index (κ1) is 13.3. The third kappa shape index (κ3) is 3.89. The monoisotopic (exact) mass is 320 g/mol. The zero-order valence-corrected chi connectivity index (χ0v) is 11.2. The third-order valence-corrected chi connectivity index (χ3v) is 3.76. The fourth-order valence-corrected chi connectivity index (χ4v) is 2.12. The van der Waals surface area contributed by atoms with E-state index in [1.165, 1.54) is 21.3 Å². The minimum Gasteiger partial charge on any atom is -0.451 e. The Morgan fingerprint density at radius 2 is 1.62 bits per heavy atom. The molecule has 1 unspecified atom stereocenters. The molecule has 78 valence electrons. The van der Waals surface area contributed by atoms with Gasteiger partial charge in [-0.3, -0.25) is 4.79 Å². The maximum absolute atomic E-state index is 11.2. The van der Waals surface area contributed by atoms with Crippen molar-refractivity contribution in [2.45, 2.75) is 10.8 Å². The van der Waals surface area contributed by atoms with Crippen LogP contribution in [0, 0.1) is 0 Å². The largest absolute Gasteiger partial charge is 0.750 e. The summed E-state index contributed by atoms with van der Waals surface area (Å²) < 4.78 is 19.4. The Labute approximate surface area is 92.3 Å². The van der Waals surface area contributed by atoms with Crippen molar-refractivity contribution in [3.05, 3.63) is 0 Å². The van der Waals surface area contributed by atoms with Crippen molar-refractivity contribution in [3.63, 3.8) is 0 Å². The van der Waals surface area contributed by atoms with Gasteiger partial charge in [0.15, 0.2) is 0 Å². The molecule has 0 aliphatic carbocycles. The summed E-state index contributed by atoms with van der Waals surface area (Å²) in [6, 6.07) is 0. The lowest BCUT2D eigenvalue weighted by atomic mass is 10.5. The second kappa shape index (κ2) is 5.91. The molecule has 1 atom stereocenters.